The number of allylic oxidation sites excluding steroid dienone is 1. The van der Waals surface area contributed by atoms with Gasteiger partial charge in [-0.15, -0.1) is 0 Å². The van der Waals surface area contributed by atoms with E-state index in [4.69, 9.17) is 9.73 Å². The predicted molar refractivity (Wildman–Crippen MR) is 173 cm³/mol. The first-order valence-electron chi connectivity index (χ1n) is 14.9. The van der Waals surface area contributed by atoms with E-state index in [1.807, 2.05) is 30.5 Å². The number of nitrogens with one attached hydrogen (secondary N) is 2. The summed E-state index contributed by atoms with van der Waals surface area (Å²) in [7, 11) is 0. The lowest BCUT2D eigenvalue weighted by Crippen LogP contribution is -2.42. The quantitative estimate of drug-likeness (QED) is 0.149. The van der Waals surface area contributed by atoms with E-state index in [-0.39, 0.29) is 18.6 Å². The van der Waals surface area contributed by atoms with Crippen molar-refractivity contribution >= 4 is 28.0 Å². The number of ether oxygens (including phenoxy) is 1. The zero-order chi connectivity index (χ0) is 28.9. The van der Waals surface area contributed by atoms with Crippen molar-refractivity contribution < 1.29 is 9.84 Å². The number of fused-ring (bicyclic) bond motifs is 3. The average Bonchev–Trinajstić information content (AvgIpc) is 3.65. The van der Waals surface area contributed by atoms with Crippen molar-refractivity contribution in [1.82, 2.24) is 10.3 Å². The Morgan fingerprint density at radius 1 is 0.833 bits per heavy atom. The van der Waals surface area contributed by atoms with Crippen LogP contribution in [0, 0.1) is 11.8 Å². The Kier molecular flexibility index (Phi) is 8.22. The largest absolute Gasteiger partial charge is 0.491 e. The summed E-state index contributed by atoms with van der Waals surface area (Å²) in [6.07, 6.45) is 5.86. The van der Waals surface area contributed by atoms with Gasteiger partial charge in [-0.3, -0.25) is 4.99 Å². The Balaban J connectivity index is 1.10. The normalized spacial score (nSPS) is 18.6. The fraction of sp³-hybridized carbons (Fsp3) is 0.270. The molecule has 42 heavy (non-hydrogen) atoms. The van der Waals surface area contributed by atoms with E-state index in [1.165, 1.54) is 21.9 Å². The minimum atomic E-state index is -0.660. The van der Waals surface area contributed by atoms with E-state index in [0.29, 0.717) is 12.3 Å². The first-order chi connectivity index (χ1) is 20.5. The maximum absolute atomic E-state index is 11.2. The molecule has 4 unspecified atom stereocenters. The standard InChI is InChI=1S/C37H39N3O2/c1-26(24-38-36(28-12-5-3-6-13-28)29-14-7-4-8-15-29)27(2)37(20-11-21-39-37)23-30(41)25-42-31-18-19-33-32-16-9-10-17-34(32)40-35(33)22-31/h3-22,26-27,30,36,38,40-41H,23-25H2,1-2H3. The zero-order valence-corrected chi connectivity index (χ0v) is 24.3. The van der Waals surface area contributed by atoms with Crippen LogP contribution >= 0.6 is 0 Å². The van der Waals surface area contributed by atoms with E-state index in [9.17, 15) is 5.11 Å². The highest BCUT2D eigenvalue weighted by Crippen LogP contribution is 2.37. The van der Waals surface area contributed by atoms with E-state index in [2.05, 4.69) is 115 Å². The van der Waals surface area contributed by atoms with Crippen LogP contribution in [0.1, 0.15) is 37.4 Å². The highest BCUT2D eigenvalue weighted by atomic mass is 16.5. The van der Waals surface area contributed by atoms with Gasteiger partial charge in [-0.1, -0.05) is 98.8 Å². The number of para-hydroxylation sites is 1. The second-order valence-corrected chi connectivity index (χ2v) is 11.6. The number of aromatic amines is 1. The van der Waals surface area contributed by atoms with Gasteiger partial charge >= 0.3 is 0 Å². The molecule has 3 N–H and O–H groups in total. The Labute approximate surface area is 248 Å². The SMILES string of the molecule is CC(CNC(c1ccccc1)c1ccccc1)C(C)C1(CC(O)COc2ccc3c(c2)[nH]c2ccccc23)C=CC=N1. The molecular formula is C37H39N3O2. The number of aliphatic hydroxyl groups is 1. The summed E-state index contributed by atoms with van der Waals surface area (Å²) < 4.78 is 6.09. The first kappa shape index (κ1) is 28.0. The van der Waals surface area contributed by atoms with Crippen LogP contribution in [-0.2, 0) is 0 Å². The summed E-state index contributed by atoms with van der Waals surface area (Å²) in [5.41, 5.74) is 4.15. The Bertz CT molecular complexity index is 1620. The molecule has 5 nitrogen and oxygen atoms in total. The molecule has 0 radical (unpaired) electrons. The molecule has 4 aromatic carbocycles. The molecule has 0 aliphatic carbocycles. The van der Waals surface area contributed by atoms with Crippen LogP contribution in [0.2, 0.25) is 0 Å². The van der Waals surface area contributed by atoms with Crippen LogP contribution in [0.3, 0.4) is 0 Å². The Morgan fingerprint density at radius 2 is 1.50 bits per heavy atom. The van der Waals surface area contributed by atoms with Crippen molar-refractivity contribution in [3.05, 3.63) is 126 Å². The minimum absolute atomic E-state index is 0.106. The van der Waals surface area contributed by atoms with Crippen LogP contribution in [0.15, 0.2) is 120 Å². The third-order valence-corrected chi connectivity index (χ3v) is 8.82. The number of hydrogen-bond acceptors (Lipinski definition) is 4. The first-order valence-corrected chi connectivity index (χ1v) is 14.9. The molecule has 214 valence electrons. The average molecular weight is 558 g/mol. The fourth-order valence-electron chi connectivity index (χ4n) is 6.26. The number of rotatable bonds is 12. The van der Waals surface area contributed by atoms with Gasteiger partial charge in [0.05, 0.1) is 23.2 Å². The molecule has 1 aliphatic heterocycles. The summed E-state index contributed by atoms with van der Waals surface area (Å²) in [5, 5.41) is 17.4. The van der Waals surface area contributed by atoms with Crippen LogP contribution in [0.4, 0.5) is 0 Å². The summed E-state index contributed by atoms with van der Waals surface area (Å²) in [5.74, 6) is 1.24. The lowest BCUT2D eigenvalue weighted by Gasteiger charge is -2.37. The van der Waals surface area contributed by atoms with Gasteiger partial charge < -0.3 is 20.1 Å². The molecule has 0 saturated carbocycles. The lowest BCUT2D eigenvalue weighted by atomic mass is 9.75. The third kappa shape index (κ3) is 5.89. The van der Waals surface area contributed by atoms with E-state index in [0.717, 1.165) is 23.3 Å². The molecule has 0 fully saturated rings. The molecule has 0 saturated heterocycles. The second kappa shape index (κ2) is 12.4. The smallest absolute Gasteiger partial charge is 0.121 e. The van der Waals surface area contributed by atoms with Crippen LogP contribution < -0.4 is 10.1 Å². The molecule has 1 aliphatic rings. The zero-order valence-electron chi connectivity index (χ0n) is 24.3. The molecule has 5 aromatic rings. The molecule has 5 heteroatoms. The van der Waals surface area contributed by atoms with Crippen molar-refractivity contribution in [2.75, 3.05) is 13.2 Å². The third-order valence-electron chi connectivity index (χ3n) is 8.82. The van der Waals surface area contributed by atoms with Gasteiger partial charge in [-0.25, -0.2) is 0 Å². The van der Waals surface area contributed by atoms with Crippen molar-refractivity contribution in [2.24, 2.45) is 16.8 Å². The molecular weight excluding hydrogens is 518 g/mol. The number of nitrogens with zero attached hydrogens (tertiary/aromatic N) is 1. The van der Waals surface area contributed by atoms with Gasteiger partial charge in [0.25, 0.3) is 0 Å². The number of aromatic nitrogens is 1. The highest BCUT2D eigenvalue weighted by Gasteiger charge is 2.39. The molecule has 6 rings (SSSR count). The van der Waals surface area contributed by atoms with Crippen LogP contribution in [0.25, 0.3) is 21.8 Å². The summed E-state index contributed by atoms with van der Waals surface area (Å²) in [6, 6.07) is 35.6. The van der Waals surface area contributed by atoms with E-state index in [1.54, 1.807) is 0 Å². The van der Waals surface area contributed by atoms with Crippen molar-refractivity contribution in [3.8, 4) is 5.75 Å². The Morgan fingerprint density at radius 3 is 2.19 bits per heavy atom. The second-order valence-electron chi connectivity index (χ2n) is 11.6. The summed E-state index contributed by atoms with van der Waals surface area (Å²) in [4.78, 5) is 8.37. The molecule has 0 spiro atoms. The monoisotopic (exact) mass is 557 g/mol. The summed E-state index contributed by atoms with van der Waals surface area (Å²) in [6.45, 7) is 5.54. The molecule has 1 aromatic heterocycles. The topological polar surface area (TPSA) is 69.6 Å². The number of aliphatic hydroxyl groups excluding tert-OH is 1. The Hall–Kier alpha value is -4.19. The van der Waals surface area contributed by atoms with E-state index >= 15 is 0 Å². The summed E-state index contributed by atoms with van der Waals surface area (Å²) >= 11 is 0. The van der Waals surface area contributed by atoms with Crippen molar-refractivity contribution in [3.63, 3.8) is 0 Å². The van der Waals surface area contributed by atoms with Gasteiger partial charge in [0.2, 0.25) is 0 Å². The van der Waals surface area contributed by atoms with Crippen molar-refractivity contribution in [2.45, 2.75) is 38.0 Å². The van der Waals surface area contributed by atoms with Crippen LogP contribution in [-0.4, -0.2) is 41.1 Å². The van der Waals surface area contributed by atoms with Gasteiger partial charge in [0.15, 0.2) is 0 Å². The predicted octanol–water partition coefficient (Wildman–Crippen LogP) is 7.48. The van der Waals surface area contributed by atoms with Gasteiger partial charge in [-0.2, -0.15) is 0 Å². The number of hydrogen-bond donors (Lipinski definition) is 3. The molecule has 0 amide bonds. The van der Waals surface area contributed by atoms with Crippen molar-refractivity contribution in [1.29, 1.82) is 0 Å². The number of H-pyrrole nitrogens is 1. The minimum Gasteiger partial charge on any atom is -0.491 e. The van der Waals surface area contributed by atoms with Gasteiger partial charge in [0.1, 0.15) is 12.4 Å². The maximum atomic E-state index is 11.2. The van der Waals surface area contributed by atoms with Gasteiger partial charge in [0, 0.05) is 35.0 Å². The van der Waals surface area contributed by atoms with E-state index < -0.39 is 11.6 Å². The lowest BCUT2D eigenvalue weighted by molar-refractivity contribution is 0.0712. The molecule has 0 bridgehead atoms. The highest BCUT2D eigenvalue weighted by molar-refractivity contribution is 6.07. The number of benzene rings is 4. The fourth-order valence-corrected chi connectivity index (χ4v) is 6.26. The molecule has 4 atom stereocenters. The molecule has 2 heterocycles. The maximum Gasteiger partial charge on any atom is 0.121 e. The van der Waals surface area contributed by atoms with Crippen LogP contribution in [0.5, 0.6) is 5.75 Å². The number of aliphatic imine (C=N–C) groups is 1. The van der Waals surface area contributed by atoms with Gasteiger partial charge in [-0.05, 0) is 53.8 Å².